The summed E-state index contributed by atoms with van der Waals surface area (Å²) in [6.07, 6.45) is 2.02. The highest BCUT2D eigenvalue weighted by molar-refractivity contribution is 7.94. The quantitative estimate of drug-likeness (QED) is 0.694. The number of benzene rings is 1. The van der Waals surface area contributed by atoms with Crippen molar-refractivity contribution < 1.29 is 13.2 Å². The fraction of sp³-hybridized carbons (Fsp3) is 0.222. The Morgan fingerprint density at radius 3 is 2.74 bits per heavy atom. The van der Waals surface area contributed by atoms with Gasteiger partial charge in [0.05, 0.1) is 4.90 Å². The first-order valence-electron chi connectivity index (χ1n) is 8.28. The molecule has 7 nitrogen and oxygen atoms in total. The molecule has 0 atom stereocenters. The van der Waals surface area contributed by atoms with Crippen LogP contribution in [-0.4, -0.2) is 32.4 Å². The summed E-state index contributed by atoms with van der Waals surface area (Å²) in [4.78, 5) is 27.2. The molecule has 142 valence electrons. The number of rotatable bonds is 5. The van der Waals surface area contributed by atoms with E-state index in [1.54, 1.807) is 6.07 Å². The van der Waals surface area contributed by atoms with Gasteiger partial charge in [-0.3, -0.25) is 9.59 Å². The molecule has 1 aliphatic heterocycles. The molecule has 2 aromatic rings. The van der Waals surface area contributed by atoms with Gasteiger partial charge in [0.15, 0.2) is 9.84 Å². The lowest BCUT2D eigenvalue weighted by Gasteiger charge is -2.17. The highest BCUT2D eigenvalue weighted by Gasteiger charge is 2.16. The Hall–Kier alpha value is -2.42. The molecule has 27 heavy (non-hydrogen) atoms. The molecule has 0 radical (unpaired) electrons. The van der Waals surface area contributed by atoms with Crippen LogP contribution in [0.15, 0.2) is 51.5 Å². The van der Waals surface area contributed by atoms with Gasteiger partial charge in [-0.2, -0.15) is 0 Å². The summed E-state index contributed by atoms with van der Waals surface area (Å²) in [5, 5.41) is 7.15. The lowest BCUT2D eigenvalue weighted by Crippen LogP contribution is -2.33. The maximum Gasteiger partial charge on any atom is 0.261 e. The maximum absolute atomic E-state index is 12.2. The van der Waals surface area contributed by atoms with E-state index < -0.39 is 21.3 Å². The number of pyridine rings is 1. The van der Waals surface area contributed by atoms with Crippen LogP contribution in [0.1, 0.15) is 21.6 Å². The predicted octanol–water partition coefficient (Wildman–Crippen LogP) is 1.39. The number of halogens is 1. The molecule has 1 aromatic carbocycles. The Morgan fingerprint density at radius 2 is 2.00 bits per heavy atom. The van der Waals surface area contributed by atoms with Crippen molar-refractivity contribution in [2.24, 2.45) is 0 Å². The van der Waals surface area contributed by atoms with Gasteiger partial charge in [-0.1, -0.05) is 17.7 Å². The standard InChI is InChI=1S/C18H18ClN3O4S/c19-13-2-4-14(5-3-13)27(25,26)9-1-7-21-17(23)15-10-12-11-20-8-6-16(12)22-18(15)24/h1-5,9-10,20H,6-8,11H2,(H,21,23)(H,22,24)/b9-1+. The van der Waals surface area contributed by atoms with Crippen molar-refractivity contribution >= 4 is 27.3 Å². The average molecular weight is 408 g/mol. The summed E-state index contributed by atoms with van der Waals surface area (Å²) in [6.45, 7) is 1.34. The molecule has 3 rings (SSSR count). The first kappa shape index (κ1) is 19.3. The van der Waals surface area contributed by atoms with Crippen LogP contribution in [0.5, 0.6) is 0 Å². The number of carbonyl (C=O) groups excluding carboxylic acids is 1. The molecule has 2 heterocycles. The van der Waals surface area contributed by atoms with Crippen molar-refractivity contribution in [2.45, 2.75) is 17.9 Å². The molecule has 3 N–H and O–H groups in total. The van der Waals surface area contributed by atoms with Crippen molar-refractivity contribution in [3.63, 3.8) is 0 Å². The molecule has 0 bridgehead atoms. The SMILES string of the molecule is O=C(NC/C=C/S(=O)(=O)c1ccc(Cl)cc1)c1cc2c([nH]c1=O)CCNC2. The van der Waals surface area contributed by atoms with Gasteiger partial charge < -0.3 is 15.6 Å². The topological polar surface area (TPSA) is 108 Å². The van der Waals surface area contributed by atoms with E-state index >= 15 is 0 Å². The summed E-state index contributed by atoms with van der Waals surface area (Å²) in [5.41, 5.74) is 1.27. The van der Waals surface area contributed by atoms with Crippen LogP contribution in [0, 0.1) is 0 Å². The van der Waals surface area contributed by atoms with Crippen LogP contribution >= 0.6 is 11.6 Å². The van der Waals surface area contributed by atoms with E-state index in [1.807, 2.05) is 0 Å². The summed E-state index contributed by atoms with van der Waals surface area (Å²) < 4.78 is 24.3. The second-order valence-electron chi connectivity index (χ2n) is 6.02. The molecular formula is C18H18ClN3O4S. The summed E-state index contributed by atoms with van der Waals surface area (Å²) in [7, 11) is -3.63. The lowest BCUT2D eigenvalue weighted by molar-refractivity contribution is 0.0956. The van der Waals surface area contributed by atoms with Gasteiger partial charge in [-0.05, 0) is 35.9 Å². The smallest absolute Gasteiger partial charge is 0.261 e. The Kier molecular flexibility index (Phi) is 5.79. The summed E-state index contributed by atoms with van der Waals surface area (Å²) >= 11 is 5.75. The molecule has 0 spiro atoms. The monoisotopic (exact) mass is 407 g/mol. The van der Waals surface area contributed by atoms with Crippen molar-refractivity contribution in [1.29, 1.82) is 0 Å². The van der Waals surface area contributed by atoms with Gasteiger partial charge in [0.25, 0.3) is 11.5 Å². The van der Waals surface area contributed by atoms with Gasteiger partial charge in [-0.25, -0.2) is 8.42 Å². The van der Waals surface area contributed by atoms with E-state index in [-0.39, 0.29) is 17.0 Å². The zero-order chi connectivity index (χ0) is 19.4. The largest absolute Gasteiger partial charge is 0.348 e. The average Bonchev–Trinajstić information content (AvgIpc) is 2.65. The van der Waals surface area contributed by atoms with Gasteiger partial charge in [0.1, 0.15) is 5.56 Å². The third kappa shape index (κ3) is 4.65. The highest BCUT2D eigenvalue weighted by atomic mass is 35.5. The minimum Gasteiger partial charge on any atom is -0.348 e. The van der Waals surface area contributed by atoms with E-state index in [0.29, 0.717) is 18.0 Å². The van der Waals surface area contributed by atoms with Crippen LogP contribution < -0.4 is 16.2 Å². The summed E-state index contributed by atoms with van der Waals surface area (Å²) in [5.74, 6) is -0.557. The fourth-order valence-electron chi connectivity index (χ4n) is 2.72. The highest BCUT2D eigenvalue weighted by Crippen LogP contribution is 2.16. The number of hydrogen-bond acceptors (Lipinski definition) is 5. The van der Waals surface area contributed by atoms with Gasteiger partial charge in [0.2, 0.25) is 0 Å². The maximum atomic E-state index is 12.2. The Bertz CT molecular complexity index is 1040. The van der Waals surface area contributed by atoms with Crippen LogP contribution in [0.3, 0.4) is 0 Å². The Labute approximate surface area is 161 Å². The number of aromatic amines is 1. The minimum absolute atomic E-state index is 0.00593. The van der Waals surface area contributed by atoms with Gasteiger partial charge >= 0.3 is 0 Å². The van der Waals surface area contributed by atoms with Crippen LogP contribution in [0.25, 0.3) is 0 Å². The number of aromatic nitrogens is 1. The van der Waals surface area contributed by atoms with Crippen molar-refractivity contribution in [3.05, 3.63) is 74.0 Å². The molecule has 9 heteroatoms. The van der Waals surface area contributed by atoms with Crippen LogP contribution in [0.4, 0.5) is 0 Å². The lowest BCUT2D eigenvalue weighted by atomic mass is 10.0. The zero-order valence-corrected chi connectivity index (χ0v) is 15.9. The number of H-pyrrole nitrogens is 1. The Morgan fingerprint density at radius 1 is 1.26 bits per heavy atom. The molecule has 0 aliphatic carbocycles. The van der Waals surface area contributed by atoms with E-state index in [0.717, 1.165) is 23.2 Å². The second-order valence-corrected chi connectivity index (χ2v) is 8.29. The third-order valence-corrected chi connectivity index (χ3v) is 5.86. The molecule has 0 saturated heterocycles. The van der Waals surface area contributed by atoms with Crippen LogP contribution in [-0.2, 0) is 22.8 Å². The molecule has 0 unspecified atom stereocenters. The third-order valence-electron chi connectivity index (χ3n) is 4.13. The molecule has 1 aromatic heterocycles. The normalized spacial score (nSPS) is 14.1. The van der Waals surface area contributed by atoms with E-state index in [4.69, 9.17) is 11.6 Å². The van der Waals surface area contributed by atoms with Crippen molar-refractivity contribution in [3.8, 4) is 0 Å². The number of sulfone groups is 1. The number of amides is 1. The zero-order valence-electron chi connectivity index (χ0n) is 14.3. The minimum atomic E-state index is -3.63. The Balaban J connectivity index is 1.65. The molecular weight excluding hydrogens is 390 g/mol. The first-order chi connectivity index (χ1) is 12.9. The number of carbonyl (C=O) groups is 1. The predicted molar refractivity (Wildman–Crippen MR) is 103 cm³/mol. The molecule has 1 amide bonds. The van der Waals surface area contributed by atoms with Crippen LogP contribution in [0.2, 0.25) is 5.02 Å². The van der Waals surface area contributed by atoms with Crippen molar-refractivity contribution in [2.75, 3.05) is 13.1 Å². The van der Waals surface area contributed by atoms with Gasteiger partial charge in [0, 0.05) is 42.2 Å². The van der Waals surface area contributed by atoms with E-state index in [9.17, 15) is 18.0 Å². The van der Waals surface area contributed by atoms with E-state index in [1.165, 1.54) is 30.3 Å². The molecule has 0 fully saturated rings. The first-order valence-corrected chi connectivity index (χ1v) is 10.2. The van der Waals surface area contributed by atoms with Crippen molar-refractivity contribution in [1.82, 2.24) is 15.6 Å². The fourth-order valence-corrected chi connectivity index (χ4v) is 3.87. The summed E-state index contributed by atoms with van der Waals surface area (Å²) in [6, 6.07) is 7.36. The molecule has 1 aliphatic rings. The number of fused-ring (bicyclic) bond motifs is 1. The van der Waals surface area contributed by atoms with E-state index in [2.05, 4.69) is 15.6 Å². The second kappa shape index (κ2) is 8.08. The number of nitrogens with one attached hydrogen (secondary N) is 3. The number of hydrogen-bond donors (Lipinski definition) is 3. The van der Waals surface area contributed by atoms with Gasteiger partial charge in [-0.15, -0.1) is 0 Å². The molecule has 0 saturated carbocycles.